The van der Waals surface area contributed by atoms with Crippen molar-refractivity contribution in [3.05, 3.63) is 0 Å². The monoisotopic (exact) mass is 226 g/mol. The fourth-order valence-electron chi connectivity index (χ4n) is 2.12. The second-order valence-corrected chi connectivity index (χ2v) is 5.62. The molecule has 3 nitrogen and oxygen atoms in total. The molecule has 0 aliphatic heterocycles. The first kappa shape index (κ1) is 13.5. The maximum absolute atomic E-state index is 11.9. The van der Waals surface area contributed by atoms with Crippen molar-refractivity contribution in [1.82, 2.24) is 5.32 Å². The second kappa shape index (κ2) is 6.24. The number of hydrogen-bond donors (Lipinski definition) is 2. The first-order chi connectivity index (χ1) is 7.54. The highest BCUT2D eigenvalue weighted by Gasteiger charge is 2.28. The van der Waals surface area contributed by atoms with Crippen molar-refractivity contribution in [1.29, 1.82) is 0 Å². The third kappa shape index (κ3) is 4.52. The predicted octanol–water partition coefficient (Wildman–Crippen LogP) is 1.77. The van der Waals surface area contributed by atoms with E-state index in [-0.39, 0.29) is 11.8 Å². The average molecular weight is 226 g/mol. The van der Waals surface area contributed by atoms with Gasteiger partial charge in [-0.05, 0) is 37.0 Å². The third-order valence-electron chi connectivity index (χ3n) is 3.44. The van der Waals surface area contributed by atoms with Gasteiger partial charge in [-0.25, -0.2) is 0 Å². The Morgan fingerprint density at radius 1 is 1.38 bits per heavy atom. The molecular formula is C13H26N2O. The number of nitrogens with one attached hydrogen (secondary N) is 1. The van der Waals surface area contributed by atoms with E-state index in [0.29, 0.717) is 18.4 Å². The Morgan fingerprint density at radius 3 is 2.44 bits per heavy atom. The Kier molecular flexibility index (Phi) is 5.26. The Morgan fingerprint density at radius 2 is 2.00 bits per heavy atom. The number of carbonyl (C=O) groups excluding carboxylic acids is 1. The molecule has 3 N–H and O–H groups in total. The fourth-order valence-corrected chi connectivity index (χ4v) is 2.12. The van der Waals surface area contributed by atoms with E-state index in [0.717, 1.165) is 18.9 Å². The first-order valence-electron chi connectivity index (χ1n) is 6.52. The standard InChI is InChI=1S/C13H26N2O/c1-9(2)6-12(7-14)13(16)15-8-10(3)11-4-5-11/h9-12H,4-8,14H2,1-3H3,(H,15,16). The zero-order valence-corrected chi connectivity index (χ0v) is 10.8. The summed E-state index contributed by atoms with van der Waals surface area (Å²) in [4.78, 5) is 11.9. The zero-order chi connectivity index (χ0) is 12.1. The lowest BCUT2D eigenvalue weighted by molar-refractivity contribution is -0.125. The molecule has 1 rings (SSSR count). The molecule has 3 heteroatoms. The van der Waals surface area contributed by atoms with Gasteiger partial charge in [0.1, 0.15) is 0 Å². The lowest BCUT2D eigenvalue weighted by Gasteiger charge is -2.18. The Hall–Kier alpha value is -0.570. The van der Waals surface area contributed by atoms with Crippen LogP contribution < -0.4 is 11.1 Å². The van der Waals surface area contributed by atoms with Crippen LogP contribution in [0.15, 0.2) is 0 Å². The SMILES string of the molecule is CC(C)CC(CN)C(=O)NCC(C)C1CC1. The minimum atomic E-state index is -0.00796. The molecule has 1 fully saturated rings. The van der Waals surface area contributed by atoms with Gasteiger partial charge in [0, 0.05) is 13.1 Å². The molecule has 0 radical (unpaired) electrons. The molecule has 0 spiro atoms. The summed E-state index contributed by atoms with van der Waals surface area (Å²) in [5.41, 5.74) is 5.64. The van der Waals surface area contributed by atoms with Gasteiger partial charge in [0.15, 0.2) is 0 Å². The van der Waals surface area contributed by atoms with Crippen LogP contribution in [-0.4, -0.2) is 19.0 Å². The molecule has 0 aromatic heterocycles. The van der Waals surface area contributed by atoms with Crippen LogP contribution in [0.5, 0.6) is 0 Å². The van der Waals surface area contributed by atoms with Gasteiger partial charge in [-0.1, -0.05) is 20.8 Å². The molecule has 0 bridgehead atoms. The van der Waals surface area contributed by atoms with E-state index in [4.69, 9.17) is 5.73 Å². The maximum Gasteiger partial charge on any atom is 0.224 e. The number of nitrogens with two attached hydrogens (primary N) is 1. The lowest BCUT2D eigenvalue weighted by atomic mass is 9.96. The minimum Gasteiger partial charge on any atom is -0.356 e. The topological polar surface area (TPSA) is 55.1 Å². The van der Waals surface area contributed by atoms with Gasteiger partial charge in [0.2, 0.25) is 5.91 Å². The molecule has 2 unspecified atom stereocenters. The van der Waals surface area contributed by atoms with Crippen molar-refractivity contribution >= 4 is 5.91 Å². The van der Waals surface area contributed by atoms with E-state index < -0.39 is 0 Å². The summed E-state index contributed by atoms with van der Waals surface area (Å²) in [5, 5.41) is 3.04. The maximum atomic E-state index is 11.9. The van der Waals surface area contributed by atoms with Gasteiger partial charge < -0.3 is 11.1 Å². The van der Waals surface area contributed by atoms with Crippen LogP contribution in [0.2, 0.25) is 0 Å². The molecule has 0 aromatic carbocycles. The number of carbonyl (C=O) groups is 1. The second-order valence-electron chi connectivity index (χ2n) is 5.62. The fraction of sp³-hybridized carbons (Fsp3) is 0.923. The molecule has 1 saturated carbocycles. The Labute approximate surface area is 99.2 Å². The van der Waals surface area contributed by atoms with Crippen LogP contribution in [0.1, 0.15) is 40.0 Å². The van der Waals surface area contributed by atoms with Crippen LogP contribution in [0, 0.1) is 23.7 Å². The Bertz CT molecular complexity index is 224. The smallest absolute Gasteiger partial charge is 0.224 e. The van der Waals surface area contributed by atoms with Crippen LogP contribution in [0.4, 0.5) is 0 Å². The van der Waals surface area contributed by atoms with E-state index in [2.05, 4.69) is 26.1 Å². The summed E-state index contributed by atoms with van der Waals surface area (Å²) >= 11 is 0. The molecule has 94 valence electrons. The number of amides is 1. The first-order valence-corrected chi connectivity index (χ1v) is 6.52. The molecule has 0 heterocycles. The van der Waals surface area contributed by atoms with Crippen LogP contribution in [0.25, 0.3) is 0 Å². The van der Waals surface area contributed by atoms with Crippen LogP contribution in [-0.2, 0) is 4.79 Å². The van der Waals surface area contributed by atoms with Gasteiger partial charge in [-0.2, -0.15) is 0 Å². The molecule has 2 atom stereocenters. The molecule has 1 amide bonds. The lowest BCUT2D eigenvalue weighted by Crippen LogP contribution is -2.38. The molecular weight excluding hydrogens is 200 g/mol. The highest BCUT2D eigenvalue weighted by atomic mass is 16.1. The van der Waals surface area contributed by atoms with Crippen molar-refractivity contribution in [2.45, 2.75) is 40.0 Å². The van der Waals surface area contributed by atoms with Crippen molar-refractivity contribution in [2.24, 2.45) is 29.4 Å². The van der Waals surface area contributed by atoms with Crippen molar-refractivity contribution in [2.75, 3.05) is 13.1 Å². The largest absolute Gasteiger partial charge is 0.356 e. The predicted molar refractivity (Wildman–Crippen MR) is 66.9 cm³/mol. The van der Waals surface area contributed by atoms with E-state index in [1.54, 1.807) is 0 Å². The average Bonchev–Trinajstić information content (AvgIpc) is 3.05. The summed E-state index contributed by atoms with van der Waals surface area (Å²) in [7, 11) is 0. The highest BCUT2D eigenvalue weighted by Crippen LogP contribution is 2.36. The molecule has 0 saturated heterocycles. The molecule has 0 aromatic rings. The summed E-state index contributed by atoms with van der Waals surface area (Å²) in [5.74, 6) is 2.14. The van der Waals surface area contributed by atoms with Crippen molar-refractivity contribution in [3.63, 3.8) is 0 Å². The van der Waals surface area contributed by atoms with E-state index in [1.165, 1.54) is 12.8 Å². The highest BCUT2D eigenvalue weighted by molar-refractivity contribution is 5.78. The summed E-state index contributed by atoms with van der Waals surface area (Å²) < 4.78 is 0. The van der Waals surface area contributed by atoms with E-state index in [9.17, 15) is 4.79 Å². The molecule has 1 aliphatic rings. The Balaban J connectivity index is 2.25. The van der Waals surface area contributed by atoms with Crippen LogP contribution in [0.3, 0.4) is 0 Å². The molecule has 16 heavy (non-hydrogen) atoms. The third-order valence-corrected chi connectivity index (χ3v) is 3.44. The van der Waals surface area contributed by atoms with Gasteiger partial charge in [0.05, 0.1) is 5.92 Å². The molecule has 1 aliphatic carbocycles. The van der Waals surface area contributed by atoms with E-state index >= 15 is 0 Å². The van der Waals surface area contributed by atoms with Gasteiger partial charge in [-0.15, -0.1) is 0 Å². The van der Waals surface area contributed by atoms with Crippen LogP contribution >= 0.6 is 0 Å². The zero-order valence-electron chi connectivity index (χ0n) is 10.8. The van der Waals surface area contributed by atoms with Gasteiger partial charge in [0.25, 0.3) is 0 Å². The quantitative estimate of drug-likeness (QED) is 0.695. The summed E-state index contributed by atoms with van der Waals surface area (Å²) in [6.07, 6.45) is 3.56. The number of hydrogen-bond acceptors (Lipinski definition) is 2. The van der Waals surface area contributed by atoms with E-state index in [1.807, 2.05) is 0 Å². The summed E-state index contributed by atoms with van der Waals surface area (Å²) in [6.45, 7) is 7.75. The normalized spacial score (nSPS) is 19.6. The van der Waals surface area contributed by atoms with Crippen molar-refractivity contribution in [3.8, 4) is 0 Å². The summed E-state index contributed by atoms with van der Waals surface area (Å²) in [6, 6.07) is 0. The van der Waals surface area contributed by atoms with Crippen molar-refractivity contribution < 1.29 is 4.79 Å². The number of rotatable bonds is 7. The van der Waals surface area contributed by atoms with Gasteiger partial charge in [-0.3, -0.25) is 4.79 Å². The van der Waals surface area contributed by atoms with Gasteiger partial charge >= 0.3 is 0 Å². The minimum absolute atomic E-state index is 0.00796.